The van der Waals surface area contributed by atoms with Gasteiger partial charge >= 0.3 is 0 Å². The fourth-order valence-corrected chi connectivity index (χ4v) is 2.87. The molecule has 0 aromatic carbocycles. The summed E-state index contributed by atoms with van der Waals surface area (Å²) < 4.78 is 5.18. The van der Waals surface area contributed by atoms with Gasteiger partial charge in [0.1, 0.15) is 0 Å². The van der Waals surface area contributed by atoms with Crippen LogP contribution in [0, 0.1) is 23.2 Å². The number of nitrogens with zero attached hydrogens (tertiary/aromatic N) is 2. The second kappa shape index (κ2) is 6.98. The highest BCUT2D eigenvalue weighted by molar-refractivity contribution is 4.97. The van der Waals surface area contributed by atoms with Gasteiger partial charge in [-0.1, -0.05) is 6.92 Å². The Morgan fingerprint density at radius 3 is 2.65 bits per heavy atom. The normalized spacial score (nSPS) is 29.6. The smallest absolute Gasteiger partial charge is 0.0672 e. The Balaban J connectivity index is 2.71. The lowest BCUT2D eigenvalue weighted by atomic mass is 9.78. The van der Waals surface area contributed by atoms with Gasteiger partial charge in [-0.2, -0.15) is 5.26 Å². The Labute approximate surface area is 106 Å². The van der Waals surface area contributed by atoms with Gasteiger partial charge in [0.25, 0.3) is 0 Å². The zero-order chi connectivity index (χ0) is 12.8. The molecule has 0 saturated heterocycles. The Morgan fingerprint density at radius 1 is 1.41 bits per heavy atom. The third-order valence-electron chi connectivity index (χ3n) is 3.89. The molecule has 3 nitrogen and oxygen atoms in total. The van der Waals surface area contributed by atoms with Crippen LogP contribution in [0.15, 0.2) is 0 Å². The average Bonchev–Trinajstić information content (AvgIpc) is 2.29. The number of ether oxygens (including phenoxy) is 1. The SMILES string of the molecule is COCCN(C(C)C)C1CC(C)CCC1C#N. The van der Waals surface area contributed by atoms with E-state index in [1.54, 1.807) is 7.11 Å². The fraction of sp³-hybridized carbons (Fsp3) is 0.929. The van der Waals surface area contributed by atoms with Gasteiger partial charge in [-0.25, -0.2) is 0 Å². The summed E-state index contributed by atoms with van der Waals surface area (Å²) >= 11 is 0. The van der Waals surface area contributed by atoms with Gasteiger partial charge in [-0.15, -0.1) is 0 Å². The Bertz CT molecular complexity index is 259. The monoisotopic (exact) mass is 238 g/mol. The Hall–Kier alpha value is -0.590. The number of hydrogen-bond donors (Lipinski definition) is 0. The van der Waals surface area contributed by atoms with Crippen LogP contribution in [0.4, 0.5) is 0 Å². The van der Waals surface area contributed by atoms with E-state index >= 15 is 0 Å². The van der Waals surface area contributed by atoms with Crippen molar-refractivity contribution in [1.29, 1.82) is 5.26 Å². The van der Waals surface area contributed by atoms with E-state index in [2.05, 4.69) is 31.7 Å². The number of rotatable bonds is 5. The first kappa shape index (κ1) is 14.5. The van der Waals surface area contributed by atoms with Gasteiger partial charge in [0, 0.05) is 25.7 Å². The topological polar surface area (TPSA) is 36.3 Å². The maximum Gasteiger partial charge on any atom is 0.0672 e. The Morgan fingerprint density at radius 2 is 2.12 bits per heavy atom. The summed E-state index contributed by atoms with van der Waals surface area (Å²) in [7, 11) is 1.74. The van der Waals surface area contributed by atoms with Gasteiger partial charge < -0.3 is 4.74 Å². The van der Waals surface area contributed by atoms with Crippen LogP contribution in [0.25, 0.3) is 0 Å². The molecule has 0 aliphatic heterocycles. The van der Waals surface area contributed by atoms with Crippen LogP contribution in [0.5, 0.6) is 0 Å². The number of hydrogen-bond acceptors (Lipinski definition) is 3. The summed E-state index contributed by atoms with van der Waals surface area (Å²) in [5, 5.41) is 9.30. The lowest BCUT2D eigenvalue weighted by Crippen LogP contribution is -2.48. The average molecular weight is 238 g/mol. The highest BCUT2D eigenvalue weighted by atomic mass is 16.5. The van der Waals surface area contributed by atoms with Crippen LogP contribution >= 0.6 is 0 Å². The first-order valence-corrected chi connectivity index (χ1v) is 6.74. The van der Waals surface area contributed by atoms with Gasteiger partial charge in [0.05, 0.1) is 18.6 Å². The summed E-state index contributed by atoms with van der Waals surface area (Å²) in [6.45, 7) is 8.41. The molecule has 1 aliphatic carbocycles. The minimum Gasteiger partial charge on any atom is -0.383 e. The lowest BCUT2D eigenvalue weighted by molar-refractivity contribution is 0.0506. The van der Waals surface area contributed by atoms with Crippen molar-refractivity contribution in [1.82, 2.24) is 4.90 Å². The van der Waals surface area contributed by atoms with Crippen molar-refractivity contribution in [3.8, 4) is 6.07 Å². The molecule has 0 bridgehead atoms. The van der Waals surface area contributed by atoms with Crippen LogP contribution in [0.2, 0.25) is 0 Å². The predicted molar refractivity (Wildman–Crippen MR) is 69.6 cm³/mol. The fourth-order valence-electron chi connectivity index (χ4n) is 2.87. The molecule has 1 fully saturated rings. The third kappa shape index (κ3) is 3.97. The maximum atomic E-state index is 9.30. The van der Waals surface area contributed by atoms with Gasteiger partial charge in [-0.3, -0.25) is 4.90 Å². The highest BCUT2D eigenvalue weighted by Gasteiger charge is 2.33. The molecule has 0 amide bonds. The van der Waals surface area contributed by atoms with Gasteiger partial charge in [0.2, 0.25) is 0 Å². The molecule has 1 rings (SSSR count). The van der Waals surface area contributed by atoms with E-state index in [1.807, 2.05) is 0 Å². The summed E-state index contributed by atoms with van der Waals surface area (Å²) in [6, 6.07) is 3.40. The minimum atomic E-state index is 0.199. The zero-order valence-electron chi connectivity index (χ0n) is 11.6. The minimum absolute atomic E-state index is 0.199. The van der Waals surface area contributed by atoms with Crippen LogP contribution in [-0.2, 0) is 4.74 Å². The molecule has 98 valence electrons. The molecule has 0 aromatic heterocycles. The summed E-state index contributed by atoms with van der Waals surface area (Å²) in [5.41, 5.74) is 0. The van der Waals surface area contributed by atoms with E-state index < -0.39 is 0 Å². The summed E-state index contributed by atoms with van der Waals surface area (Å²) in [5.74, 6) is 0.943. The predicted octanol–water partition coefficient (Wildman–Crippen LogP) is 2.67. The van der Waals surface area contributed by atoms with Crippen LogP contribution in [0.3, 0.4) is 0 Å². The quantitative estimate of drug-likeness (QED) is 0.739. The molecule has 0 radical (unpaired) electrons. The van der Waals surface area contributed by atoms with E-state index in [9.17, 15) is 5.26 Å². The van der Waals surface area contributed by atoms with E-state index in [0.29, 0.717) is 12.1 Å². The molecule has 0 spiro atoms. The van der Waals surface area contributed by atoms with E-state index in [-0.39, 0.29) is 5.92 Å². The molecule has 3 atom stereocenters. The molecule has 1 aliphatic rings. The van der Waals surface area contributed by atoms with Crippen LogP contribution in [-0.4, -0.2) is 37.2 Å². The first-order valence-electron chi connectivity index (χ1n) is 6.74. The maximum absolute atomic E-state index is 9.30. The molecular formula is C14H26N2O. The van der Waals surface area contributed by atoms with Gasteiger partial charge in [-0.05, 0) is 39.0 Å². The van der Waals surface area contributed by atoms with Crippen LogP contribution < -0.4 is 0 Å². The molecular weight excluding hydrogens is 212 g/mol. The second-order valence-corrected chi connectivity index (χ2v) is 5.55. The van der Waals surface area contributed by atoms with Crippen molar-refractivity contribution in [3.63, 3.8) is 0 Å². The van der Waals surface area contributed by atoms with Crippen LogP contribution in [0.1, 0.15) is 40.0 Å². The number of methoxy groups -OCH3 is 1. The zero-order valence-corrected chi connectivity index (χ0v) is 11.6. The van der Waals surface area contributed by atoms with Crippen molar-refractivity contribution in [2.75, 3.05) is 20.3 Å². The second-order valence-electron chi connectivity index (χ2n) is 5.55. The van der Waals surface area contributed by atoms with Crippen molar-refractivity contribution >= 4 is 0 Å². The summed E-state index contributed by atoms with van der Waals surface area (Å²) in [6.07, 6.45) is 3.41. The third-order valence-corrected chi connectivity index (χ3v) is 3.89. The molecule has 17 heavy (non-hydrogen) atoms. The first-order chi connectivity index (χ1) is 8.10. The van der Waals surface area contributed by atoms with E-state index in [0.717, 1.165) is 31.9 Å². The van der Waals surface area contributed by atoms with Gasteiger partial charge in [0.15, 0.2) is 0 Å². The largest absolute Gasteiger partial charge is 0.383 e. The lowest BCUT2D eigenvalue weighted by Gasteiger charge is -2.41. The molecule has 0 heterocycles. The molecule has 3 unspecified atom stereocenters. The molecule has 1 saturated carbocycles. The number of nitriles is 1. The highest BCUT2D eigenvalue weighted by Crippen LogP contribution is 2.32. The van der Waals surface area contributed by atoms with Crippen molar-refractivity contribution in [2.24, 2.45) is 11.8 Å². The van der Waals surface area contributed by atoms with Crippen molar-refractivity contribution in [3.05, 3.63) is 0 Å². The Kier molecular flexibility index (Phi) is 5.94. The van der Waals surface area contributed by atoms with Crippen molar-refractivity contribution < 1.29 is 4.74 Å². The summed E-state index contributed by atoms with van der Waals surface area (Å²) in [4.78, 5) is 2.45. The molecule has 0 aromatic rings. The molecule has 0 N–H and O–H groups in total. The van der Waals surface area contributed by atoms with E-state index in [1.165, 1.54) is 6.42 Å². The van der Waals surface area contributed by atoms with Crippen molar-refractivity contribution in [2.45, 2.75) is 52.1 Å². The standard InChI is InChI=1S/C14H26N2O/c1-11(2)16(7-8-17-4)14-9-12(3)5-6-13(14)10-15/h11-14H,5-9H2,1-4H3. The molecule has 3 heteroatoms. The van der Waals surface area contributed by atoms with E-state index in [4.69, 9.17) is 4.74 Å².